The summed E-state index contributed by atoms with van der Waals surface area (Å²) in [4.78, 5) is 22.7. The van der Waals surface area contributed by atoms with Gasteiger partial charge in [0.1, 0.15) is 6.04 Å². The van der Waals surface area contributed by atoms with Gasteiger partial charge < -0.3 is 10.4 Å². The van der Waals surface area contributed by atoms with E-state index in [0.29, 0.717) is 0 Å². The van der Waals surface area contributed by atoms with Gasteiger partial charge >= 0.3 is 5.97 Å². The number of rotatable bonds is 6. The van der Waals surface area contributed by atoms with Crippen molar-refractivity contribution >= 4 is 27.8 Å². The van der Waals surface area contributed by atoms with Crippen molar-refractivity contribution in [3.05, 3.63) is 34.3 Å². The summed E-state index contributed by atoms with van der Waals surface area (Å²) < 4.78 is 0.970. The number of amides is 1. The van der Waals surface area contributed by atoms with E-state index in [1.54, 1.807) is 0 Å². The first-order chi connectivity index (χ1) is 9.43. The molecule has 2 unspecified atom stereocenters. The molecule has 0 heterocycles. The van der Waals surface area contributed by atoms with Gasteiger partial charge in [-0.25, -0.2) is 4.79 Å². The van der Waals surface area contributed by atoms with Crippen LogP contribution in [0.5, 0.6) is 0 Å². The number of aliphatic carboxylic acids is 1. The Morgan fingerprint density at radius 1 is 1.40 bits per heavy atom. The highest BCUT2D eigenvalue weighted by atomic mass is 79.9. The lowest BCUT2D eigenvalue weighted by Gasteiger charge is -2.15. The fourth-order valence-corrected chi connectivity index (χ4v) is 2.02. The maximum Gasteiger partial charge on any atom is 0.327 e. The third-order valence-electron chi connectivity index (χ3n) is 2.89. The Kier molecular flexibility index (Phi) is 6.26. The minimum absolute atomic E-state index is 0.00313. The molecule has 0 aliphatic heterocycles. The molecule has 0 saturated carbocycles. The molecule has 0 aromatic heterocycles. The average Bonchev–Trinajstić information content (AvgIpc) is 2.38. The summed E-state index contributed by atoms with van der Waals surface area (Å²) in [5.41, 5.74) is 1.02. The summed E-state index contributed by atoms with van der Waals surface area (Å²) in [5, 5.41) is 11.4. The van der Waals surface area contributed by atoms with E-state index in [-0.39, 0.29) is 24.7 Å². The maximum atomic E-state index is 11.8. The second-order valence-corrected chi connectivity index (χ2v) is 5.44. The van der Waals surface area contributed by atoms with Gasteiger partial charge in [-0.2, -0.15) is 0 Å². The van der Waals surface area contributed by atoms with Gasteiger partial charge in [0.2, 0.25) is 5.91 Å². The molecule has 1 amide bonds. The normalized spacial score (nSPS) is 13.1. The summed E-state index contributed by atoms with van der Waals surface area (Å²) in [7, 11) is 0. The number of carboxylic acid groups (broad SMARTS) is 1. The van der Waals surface area contributed by atoms with Crippen LogP contribution in [0.2, 0.25) is 0 Å². The summed E-state index contributed by atoms with van der Waals surface area (Å²) in [5.74, 6) is 0.814. The molecule has 5 heteroatoms. The molecule has 2 N–H and O–H groups in total. The zero-order chi connectivity index (χ0) is 15.1. The number of carbonyl (C=O) groups is 2. The molecule has 106 valence electrons. The predicted octanol–water partition coefficient (Wildman–Crippen LogP) is 2.54. The first-order valence-corrected chi connectivity index (χ1v) is 6.94. The fourth-order valence-electron chi connectivity index (χ4n) is 1.76. The highest BCUT2D eigenvalue weighted by Gasteiger charge is 2.20. The second-order valence-electron chi connectivity index (χ2n) is 4.52. The molecule has 4 nitrogen and oxygen atoms in total. The monoisotopic (exact) mass is 337 g/mol. The Balaban J connectivity index is 2.59. The summed E-state index contributed by atoms with van der Waals surface area (Å²) in [6.45, 7) is 1.92. The first kappa shape index (κ1) is 16.3. The SMILES string of the molecule is C#CCC(NC(=O)CC(C)c1ccc(Br)cc1)C(=O)O. The molecule has 0 bridgehead atoms. The van der Waals surface area contributed by atoms with Crippen molar-refractivity contribution in [1.29, 1.82) is 0 Å². The molecule has 0 aliphatic carbocycles. The van der Waals surface area contributed by atoms with E-state index in [1.165, 1.54) is 0 Å². The molecule has 0 fully saturated rings. The molecule has 0 aliphatic rings. The van der Waals surface area contributed by atoms with Crippen molar-refractivity contribution in [2.45, 2.75) is 31.7 Å². The zero-order valence-electron chi connectivity index (χ0n) is 11.1. The molecule has 0 saturated heterocycles. The van der Waals surface area contributed by atoms with Crippen LogP contribution in [0.1, 0.15) is 31.2 Å². The van der Waals surface area contributed by atoms with Crippen molar-refractivity contribution in [3.63, 3.8) is 0 Å². The molecule has 2 atom stereocenters. The lowest BCUT2D eigenvalue weighted by Crippen LogP contribution is -2.40. The lowest BCUT2D eigenvalue weighted by molar-refractivity contribution is -0.141. The van der Waals surface area contributed by atoms with Crippen LogP contribution in [-0.4, -0.2) is 23.0 Å². The van der Waals surface area contributed by atoms with Crippen molar-refractivity contribution < 1.29 is 14.7 Å². The third kappa shape index (κ3) is 5.06. The number of hydrogen-bond donors (Lipinski definition) is 2. The lowest BCUT2D eigenvalue weighted by atomic mass is 9.97. The Morgan fingerprint density at radius 3 is 2.50 bits per heavy atom. The van der Waals surface area contributed by atoms with Crippen LogP contribution < -0.4 is 5.32 Å². The van der Waals surface area contributed by atoms with Crippen LogP contribution in [0.3, 0.4) is 0 Å². The van der Waals surface area contributed by atoms with Crippen molar-refractivity contribution in [2.24, 2.45) is 0 Å². The highest BCUT2D eigenvalue weighted by Crippen LogP contribution is 2.21. The molecule has 20 heavy (non-hydrogen) atoms. The van der Waals surface area contributed by atoms with Crippen LogP contribution in [0.4, 0.5) is 0 Å². The molecule has 1 aromatic carbocycles. The minimum Gasteiger partial charge on any atom is -0.480 e. The van der Waals surface area contributed by atoms with Crippen LogP contribution in [-0.2, 0) is 9.59 Å². The van der Waals surface area contributed by atoms with Crippen molar-refractivity contribution in [3.8, 4) is 12.3 Å². The van der Waals surface area contributed by atoms with Crippen molar-refractivity contribution in [2.75, 3.05) is 0 Å². The van der Waals surface area contributed by atoms with Gasteiger partial charge in [-0.1, -0.05) is 35.0 Å². The Hall–Kier alpha value is -1.80. The van der Waals surface area contributed by atoms with E-state index in [4.69, 9.17) is 11.5 Å². The quantitative estimate of drug-likeness (QED) is 0.784. The Labute approximate surface area is 126 Å². The van der Waals surface area contributed by atoms with Gasteiger partial charge in [0, 0.05) is 17.3 Å². The summed E-state index contributed by atoms with van der Waals surface area (Å²) in [6, 6.07) is 6.64. The Morgan fingerprint density at radius 2 is 2.00 bits per heavy atom. The van der Waals surface area contributed by atoms with Crippen LogP contribution in [0.15, 0.2) is 28.7 Å². The number of halogens is 1. The average molecular weight is 338 g/mol. The number of nitrogens with one attached hydrogen (secondary N) is 1. The Bertz CT molecular complexity index is 519. The predicted molar refractivity (Wildman–Crippen MR) is 80.2 cm³/mol. The third-order valence-corrected chi connectivity index (χ3v) is 3.41. The van der Waals surface area contributed by atoms with E-state index >= 15 is 0 Å². The van der Waals surface area contributed by atoms with Crippen LogP contribution in [0, 0.1) is 12.3 Å². The molecule has 0 spiro atoms. The van der Waals surface area contributed by atoms with E-state index in [9.17, 15) is 9.59 Å². The first-order valence-electron chi connectivity index (χ1n) is 6.15. The second kappa shape index (κ2) is 7.71. The molecule has 1 rings (SSSR count). The number of terminal acetylenes is 1. The van der Waals surface area contributed by atoms with E-state index in [2.05, 4.69) is 27.2 Å². The molecular formula is C15H16BrNO3. The molecule has 1 aromatic rings. The van der Waals surface area contributed by atoms with Gasteiger partial charge in [-0.3, -0.25) is 4.79 Å². The standard InChI is InChI=1S/C15H16BrNO3/c1-3-4-13(15(19)20)17-14(18)9-10(2)11-5-7-12(16)8-6-11/h1,5-8,10,13H,4,9H2,2H3,(H,17,18)(H,19,20). The van der Waals surface area contributed by atoms with Gasteiger partial charge in [0.25, 0.3) is 0 Å². The van der Waals surface area contributed by atoms with E-state index in [0.717, 1.165) is 10.0 Å². The molecular weight excluding hydrogens is 322 g/mol. The maximum absolute atomic E-state index is 11.8. The smallest absolute Gasteiger partial charge is 0.327 e. The minimum atomic E-state index is -1.12. The van der Waals surface area contributed by atoms with Gasteiger partial charge in [-0.05, 0) is 23.6 Å². The summed E-state index contributed by atoms with van der Waals surface area (Å²) >= 11 is 3.35. The number of hydrogen-bond acceptors (Lipinski definition) is 2. The van der Waals surface area contributed by atoms with Gasteiger partial charge in [-0.15, -0.1) is 12.3 Å². The topological polar surface area (TPSA) is 66.4 Å². The highest BCUT2D eigenvalue weighted by molar-refractivity contribution is 9.10. The fraction of sp³-hybridized carbons (Fsp3) is 0.333. The van der Waals surface area contributed by atoms with Crippen LogP contribution in [0.25, 0.3) is 0 Å². The number of carbonyl (C=O) groups excluding carboxylic acids is 1. The van der Waals surface area contributed by atoms with E-state index in [1.807, 2.05) is 31.2 Å². The summed E-state index contributed by atoms with van der Waals surface area (Å²) in [6.07, 6.45) is 5.28. The van der Waals surface area contributed by atoms with Crippen molar-refractivity contribution in [1.82, 2.24) is 5.32 Å². The largest absolute Gasteiger partial charge is 0.480 e. The number of benzene rings is 1. The zero-order valence-corrected chi connectivity index (χ0v) is 12.7. The van der Waals surface area contributed by atoms with Crippen LogP contribution >= 0.6 is 15.9 Å². The van der Waals surface area contributed by atoms with Gasteiger partial charge in [0.05, 0.1) is 0 Å². The molecule has 0 radical (unpaired) electrons. The number of carboxylic acids is 1. The van der Waals surface area contributed by atoms with E-state index < -0.39 is 12.0 Å². The van der Waals surface area contributed by atoms with Gasteiger partial charge in [0.15, 0.2) is 0 Å².